The van der Waals surface area contributed by atoms with Crippen LogP contribution in [0.25, 0.3) is 0 Å². The molecule has 246 valence electrons. The van der Waals surface area contributed by atoms with Gasteiger partial charge in [0.25, 0.3) is 10.0 Å². The maximum atomic E-state index is 14.7. The Bertz CT molecular complexity index is 1760. The minimum absolute atomic E-state index is 0.0478. The summed E-state index contributed by atoms with van der Waals surface area (Å²) in [5, 5.41) is 3.25. The standard InChI is InChI=1S/C38H42BrN3O4S/c1-28-16-22-35(23-17-28)47(45,46)42(34-20-18-32(39)19-21-34)27-37(43)41(26-31-13-9-10-29(2)24-31)36(25-30-11-5-3-6-12-30)38(44)40-33-14-7-4-8-15-33/h3,5-6,9-13,16-24,33,36H,4,7-8,14-15,25-27H2,1-2H3,(H,40,44)/t36-/m1/s1. The highest BCUT2D eigenvalue weighted by atomic mass is 79.9. The van der Waals surface area contributed by atoms with Crippen LogP contribution in [-0.4, -0.2) is 43.8 Å². The van der Waals surface area contributed by atoms with Crippen LogP contribution in [0.5, 0.6) is 0 Å². The van der Waals surface area contributed by atoms with Crippen LogP contribution in [0.2, 0.25) is 0 Å². The lowest BCUT2D eigenvalue weighted by molar-refractivity contribution is -0.140. The van der Waals surface area contributed by atoms with E-state index >= 15 is 0 Å². The third-order valence-corrected chi connectivity index (χ3v) is 11.0. The molecule has 0 bridgehead atoms. The fourth-order valence-electron chi connectivity index (χ4n) is 6.08. The van der Waals surface area contributed by atoms with Gasteiger partial charge in [-0.15, -0.1) is 0 Å². The predicted molar refractivity (Wildman–Crippen MR) is 191 cm³/mol. The number of nitrogens with one attached hydrogen (secondary N) is 1. The highest BCUT2D eigenvalue weighted by Crippen LogP contribution is 2.27. The van der Waals surface area contributed by atoms with Crippen molar-refractivity contribution in [1.29, 1.82) is 0 Å². The highest BCUT2D eigenvalue weighted by Gasteiger charge is 2.35. The molecule has 0 heterocycles. The van der Waals surface area contributed by atoms with E-state index in [1.54, 1.807) is 53.4 Å². The molecule has 1 atom stereocenters. The van der Waals surface area contributed by atoms with Gasteiger partial charge in [0.1, 0.15) is 12.6 Å². The van der Waals surface area contributed by atoms with Crippen molar-refractivity contribution in [1.82, 2.24) is 10.2 Å². The first kappa shape index (κ1) is 34.4. The molecule has 0 radical (unpaired) electrons. The number of amides is 2. The molecule has 1 fully saturated rings. The number of rotatable bonds is 12. The Kier molecular flexibility index (Phi) is 11.5. The molecule has 4 aromatic rings. The fourth-order valence-corrected chi connectivity index (χ4v) is 7.76. The Balaban J connectivity index is 1.56. The molecule has 0 unspecified atom stereocenters. The summed E-state index contributed by atoms with van der Waals surface area (Å²) in [6.45, 7) is 3.54. The molecule has 1 saturated carbocycles. The summed E-state index contributed by atoms with van der Waals surface area (Å²) in [6, 6.07) is 30.1. The largest absolute Gasteiger partial charge is 0.352 e. The Morgan fingerprint density at radius 2 is 1.47 bits per heavy atom. The molecule has 0 spiro atoms. The topological polar surface area (TPSA) is 86.8 Å². The van der Waals surface area contributed by atoms with Crippen molar-refractivity contribution in [3.05, 3.63) is 130 Å². The second-order valence-electron chi connectivity index (χ2n) is 12.4. The maximum Gasteiger partial charge on any atom is 0.264 e. The van der Waals surface area contributed by atoms with Gasteiger partial charge in [0, 0.05) is 23.5 Å². The van der Waals surface area contributed by atoms with Crippen LogP contribution < -0.4 is 9.62 Å². The van der Waals surface area contributed by atoms with Gasteiger partial charge >= 0.3 is 0 Å². The van der Waals surface area contributed by atoms with Crippen LogP contribution >= 0.6 is 15.9 Å². The van der Waals surface area contributed by atoms with Gasteiger partial charge in [-0.05, 0) is 74.2 Å². The predicted octanol–water partition coefficient (Wildman–Crippen LogP) is 7.35. The molecular formula is C38H42BrN3O4S. The van der Waals surface area contributed by atoms with Gasteiger partial charge in [0.05, 0.1) is 10.6 Å². The Hall–Kier alpha value is -3.95. The van der Waals surface area contributed by atoms with Crippen LogP contribution in [-0.2, 0) is 32.6 Å². The zero-order valence-corrected chi connectivity index (χ0v) is 29.3. The average Bonchev–Trinajstić information content (AvgIpc) is 3.06. The van der Waals surface area contributed by atoms with Crippen LogP contribution in [0.1, 0.15) is 54.4 Å². The van der Waals surface area contributed by atoms with Crippen molar-refractivity contribution >= 4 is 43.5 Å². The Morgan fingerprint density at radius 3 is 2.13 bits per heavy atom. The Morgan fingerprint density at radius 1 is 0.809 bits per heavy atom. The number of anilines is 1. The average molecular weight is 717 g/mol. The summed E-state index contributed by atoms with van der Waals surface area (Å²) in [4.78, 5) is 30.5. The fraction of sp³-hybridized carbons (Fsp3) is 0.316. The molecule has 9 heteroatoms. The van der Waals surface area contributed by atoms with Crippen molar-refractivity contribution in [2.24, 2.45) is 0 Å². The van der Waals surface area contributed by atoms with Crippen LogP contribution in [0, 0.1) is 13.8 Å². The monoisotopic (exact) mass is 715 g/mol. The second kappa shape index (κ2) is 15.8. The molecule has 47 heavy (non-hydrogen) atoms. The molecule has 1 aliphatic carbocycles. The molecule has 0 aliphatic heterocycles. The van der Waals surface area contributed by atoms with Crippen molar-refractivity contribution in [2.75, 3.05) is 10.8 Å². The number of halogens is 1. The van der Waals surface area contributed by atoms with Crippen molar-refractivity contribution < 1.29 is 18.0 Å². The summed E-state index contributed by atoms with van der Waals surface area (Å²) in [6.07, 6.45) is 5.36. The number of carbonyl (C=O) groups excluding carboxylic acids is 2. The molecule has 4 aromatic carbocycles. The first-order chi connectivity index (χ1) is 22.6. The van der Waals surface area contributed by atoms with Gasteiger partial charge in [-0.2, -0.15) is 0 Å². The van der Waals surface area contributed by atoms with Gasteiger partial charge in [-0.1, -0.05) is 113 Å². The Labute approximate surface area is 287 Å². The minimum Gasteiger partial charge on any atom is -0.352 e. The van der Waals surface area contributed by atoms with Crippen molar-refractivity contribution in [3.63, 3.8) is 0 Å². The lowest BCUT2D eigenvalue weighted by Gasteiger charge is -2.35. The third-order valence-electron chi connectivity index (χ3n) is 8.66. The van der Waals surface area contributed by atoms with E-state index in [1.165, 1.54) is 0 Å². The van der Waals surface area contributed by atoms with Gasteiger partial charge < -0.3 is 10.2 Å². The van der Waals surface area contributed by atoms with Gasteiger partial charge in [-0.3, -0.25) is 13.9 Å². The van der Waals surface area contributed by atoms with E-state index < -0.39 is 28.5 Å². The quantitative estimate of drug-likeness (QED) is 0.166. The zero-order valence-electron chi connectivity index (χ0n) is 26.9. The second-order valence-corrected chi connectivity index (χ2v) is 15.1. The normalized spacial score (nSPS) is 14.3. The lowest BCUT2D eigenvalue weighted by Crippen LogP contribution is -2.55. The van der Waals surface area contributed by atoms with Crippen LogP contribution in [0.15, 0.2) is 112 Å². The zero-order chi connectivity index (χ0) is 33.4. The van der Waals surface area contributed by atoms with Crippen LogP contribution in [0.3, 0.4) is 0 Å². The molecule has 0 aromatic heterocycles. The summed E-state index contributed by atoms with van der Waals surface area (Å²) < 4.78 is 30.4. The van der Waals surface area contributed by atoms with Crippen molar-refractivity contribution in [3.8, 4) is 0 Å². The number of hydrogen-bond donors (Lipinski definition) is 1. The van der Waals surface area contributed by atoms with Crippen molar-refractivity contribution in [2.45, 2.75) is 75.9 Å². The number of benzene rings is 4. The molecule has 1 N–H and O–H groups in total. The van der Waals surface area contributed by atoms with E-state index in [0.29, 0.717) is 12.1 Å². The summed E-state index contributed by atoms with van der Waals surface area (Å²) >= 11 is 3.43. The summed E-state index contributed by atoms with van der Waals surface area (Å²) in [7, 11) is -4.15. The molecule has 1 aliphatic rings. The van der Waals surface area contributed by atoms with E-state index in [0.717, 1.165) is 63.1 Å². The molecule has 0 saturated heterocycles. The molecule has 7 nitrogen and oxygen atoms in total. The number of sulfonamides is 1. The van der Waals surface area contributed by atoms with E-state index in [9.17, 15) is 18.0 Å². The van der Waals surface area contributed by atoms with E-state index in [2.05, 4.69) is 21.2 Å². The number of carbonyl (C=O) groups is 2. The maximum absolute atomic E-state index is 14.7. The number of nitrogens with zero attached hydrogens (tertiary/aromatic N) is 2. The number of aryl methyl sites for hydroxylation is 2. The first-order valence-corrected chi connectivity index (χ1v) is 18.4. The molecular weight excluding hydrogens is 674 g/mol. The summed E-state index contributed by atoms with van der Waals surface area (Å²) in [5.74, 6) is -0.692. The van der Waals surface area contributed by atoms with Crippen LogP contribution in [0.4, 0.5) is 5.69 Å². The van der Waals surface area contributed by atoms with E-state index in [1.807, 2.05) is 68.4 Å². The first-order valence-electron chi connectivity index (χ1n) is 16.1. The van der Waals surface area contributed by atoms with E-state index in [-0.39, 0.29) is 23.4 Å². The van der Waals surface area contributed by atoms with Gasteiger partial charge in [-0.25, -0.2) is 8.42 Å². The smallest absolute Gasteiger partial charge is 0.264 e. The third kappa shape index (κ3) is 9.11. The minimum atomic E-state index is -4.15. The SMILES string of the molecule is Cc1ccc(S(=O)(=O)N(CC(=O)N(Cc2cccc(C)c2)[C@H](Cc2ccccc2)C(=O)NC2CCCCC2)c2ccc(Br)cc2)cc1. The lowest BCUT2D eigenvalue weighted by atomic mass is 9.94. The number of hydrogen-bond acceptors (Lipinski definition) is 4. The highest BCUT2D eigenvalue weighted by molar-refractivity contribution is 9.10. The summed E-state index contributed by atoms with van der Waals surface area (Å²) in [5.41, 5.74) is 4.07. The molecule has 5 rings (SSSR count). The molecule has 2 amide bonds. The van der Waals surface area contributed by atoms with Gasteiger partial charge in [0.15, 0.2) is 0 Å². The van der Waals surface area contributed by atoms with E-state index in [4.69, 9.17) is 0 Å². The van der Waals surface area contributed by atoms with Gasteiger partial charge in [0.2, 0.25) is 11.8 Å².